The number of hydrogen-bond acceptors (Lipinski definition) is 5. The van der Waals surface area contributed by atoms with Gasteiger partial charge in [0, 0.05) is 19.4 Å². The maximum absolute atomic E-state index is 12.7. The minimum atomic E-state index is -0.598. The summed E-state index contributed by atoms with van der Waals surface area (Å²) in [6, 6.07) is 0. The van der Waals surface area contributed by atoms with Crippen LogP contribution in [0.4, 0.5) is 0 Å². The zero-order valence-electron chi connectivity index (χ0n) is 36.1. The molecule has 0 bridgehead atoms. The Bertz CT molecular complexity index is 1150. The van der Waals surface area contributed by atoms with Crippen molar-refractivity contribution in [2.75, 3.05) is 19.8 Å². The van der Waals surface area contributed by atoms with E-state index in [0.717, 1.165) is 83.5 Å². The molecule has 5 nitrogen and oxygen atoms in total. The number of ether oxygens (including phenoxy) is 3. The monoisotopic (exact) mass is 775 g/mol. The molecule has 0 saturated heterocycles. The smallest absolute Gasteiger partial charge is 0.306 e. The normalized spacial score (nSPS) is 13.3. The average molecular weight is 775 g/mol. The van der Waals surface area contributed by atoms with Crippen molar-refractivity contribution in [1.29, 1.82) is 0 Å². The summed E-state index contributed by atoms with van der Waals surface area (Å²) in [5.74, 6) is -0.553. The summed E-state index contributed by atoms with van der Waals surface area (Å²) in [6.45, 7) is 7.40. The van der Waals surface area contributed by atoms with E-state index < -0.39 is 6.10 Å². The first-order valence-corrected chi connectivity index (χ1v) is 22.4. The Morgan fingerprint density at radius 3 is 1.38 bits per heavy atom. The molecule has 0 N–H and O–H groups in total. The third-order valence-electron chi connectivity index (χ3n) is 8.79. The van der Waals surface area contributed by atoms with Crippen LogP contribution in [0.2, 0.25) is 0 Å². The molecule has 0 radical (unpaired) electrons. The molecule has 0 aromatic rings. The fourth-order valence-electron chi connectivity index (χ4n) is 5.49. The molecule has 0 aliphatic heterocycles. The number of rotatable bonds is 39. The molecule has 316 valence electrons. The SMILES string of the molecule is CC/C=C\C/C=C\C/C=C\C/C=C\CCCCC(=O)OCC(COCCCCCCCC/C=C\CCCC)OC(=O)CC/C=C\C/C=C\C/C=C\C/C=C\CC. The van der Waals surface area contributed by atoms with Crippen LogP contribution in [0.3, 0.4) is 0 Å². The fourth-order valence-corrected chi connectivity index (χ4v) is 5.49. The fraction of sp³-hybridized carbons (Fsp3) is 0.608. The Balaban J connectivity index is 4.46. The van der Waals surface area contributed by atoms with E-state index in [9.17, 15) is 9.59 Å². The molecule has 0 heterocycles. The summed E-state index contributed by atoms with van der Waals surface area (Å²) in [6.07, 6.45) is 62.4. The number of carbonyl (C=O) groups is 2. The van der Waals surface area contributed by atoms with Crippen LogP contribution in [0, 0.1) is 0 Å². The first kappa shape index (κ1) is 52.6. The second-order valence-electron chi connectivity index (χ2n) is 14.2. The predicted octanol–water partition coefficient (Wildman–Crippen LogP) is 14.9. The van der Waals surface area contributed by atoms with E-state index in [4.69, 9.17) is 14.2 Å². The Morgan fingerprint density at radius 2 is 0.839 bits per heavy atom. The van der Waals surface area contributed by atoms with Crippen molar-refractivity contribution < 1.29 is 23.8 Å². The molecule has 0 saturated carbocycles. The van der Waals surface area contributed by atoms with Crippen molar-refractivity contribution in [3.8, 4) is 0 Å². The van der Waals surface area contributed by atoms with Crippen LogP contribution in [0.15, 0.2) is 109 Å². The highest BCUT2D eigenvalue weighted by atomic mass is 16.6. The van der Waals surface area contributed by atoms with Crippen LogP contribution in [0.25, 0.3) is 0 Å². The Labute approximate surface area is 344 Å². The highest BCUT2D eigenvalue weighted by Gasteiger charge is 2.17. The van der Waals surface area contributed by atoms with Gasteiger partial charge in [-0.3, -0.25) is 9.59 Å². The Hall–Kier alpha value is -3.44. The van der Waals surface area contributed by atoms with Gasteiger partial charge < -0.3 is 14.2 Å². The molecule has 0 aliphatic rings. The number of allylic oxidation sites excluding steroid dienone is 18. The molecule has 5 heteroatoms. The van der Waals surface area contributed by atoms with Crippen LogP contribution in [0.1, 0.15) is 175 Å². The van der Waals surface area contributed by atoms with Crippen molar-refractivity contribution in [3.05, 3.63) is 109 Å². The molecule has 1 unspecified atom stereocenters. The first-order valence-electron chi connectivity index (χ1n) is 22.4. The van der Waals surface area contributed by atoms with Crippen LogP contribution in [-0.4, -0.2) is 37.9 Å². The van der Waals surface area contributed by atoms with Gasteiger partial charge in [-0.15, -0.1) is 0 Å². The van der Waals surface area contributed by atoms with Gasteiger partial charge in [-0.25, -0.2) is 0 Å². The molecule has 0 aliphatic carbocycles. The van der Waals surface area contributed by atoms with Gasteiger partial charge in [0.05, 0.1) is 6.61 Å². The Kier molecular flexibility index (Phi) is 43.1. The minimum absolute atomic E-state index is 0.0261. The van der Waals surface area contributed by atoms with Gasteiger partial charge >= 0.3 is 11.9 Å². The molecule has 0 fully saturated rings. The van der Waals surface area contributed by atoms with Crippen molar-refractivity contribution in [2.45, 2.75) is 181 Å². The summed E-state index contributed by atoms with van der Waals surface area (Å²) < 4.78 is 17.2. The van der Waals surface area contributed by atoms with E-state index >= 15 is 0 Å². The quantitative estimate of drug-likeness (QED) is 0.0354. The van der Waals surface area contributed by atoms with Crippen LogP contribution in [0.5, 0.6) is 0 Å². The van der Waals surface area contributed by atoms with Gasteiger partial charge in [-0.1, -0.05) is 169 Å². The number of esters is 2. The number of unbranched alkanes of at least 4 members (excludes halogenated alkanes) is 10. The topological polar surface area (TPSA) is 61.8 Å². The predicted molar refractivity (Wildman–Crippen MR) is 242 cm³/mol. The number of carbonyl (C=O) groups excluding carboxylic acids is 2. The third-order valence-corrected chi connectivity index (χ3v) is 8.79. The van der Waals surface area contributed by atoms with Crippen molar-refractivity contribution >= 4 is 11.9 Å². The summed E-state index contributed by atoms with van der Waals surface area (Å²) in [4.78, 5) is 25.2. The van der Waals surface area contributed by atoms with Crippen LogP contribution < -0.4 is 0 Å². The van der Waals surface area contributed by atoms with E-state index in [1.54, 1.807) is 0 Å². The first-order chi connectivity index (χ1) is 27.6. The van der Waals surface area contributed by atoms with E-state index in [1.165, 1.54) is 51.4 Å². The third kappa shape index (κ3) is 43.3. The lowest BCUT2D eigenvalue weighted by molar-refractivity contribution is -0.162. The maximum Gasteiger partial charge on any atom is 0.306 e. The van der Waals surface area contributed by atoms with E-state index in [-0.39, 0.29) is 31.6 Å². The molecule has 0 amide bonds. The second-order valence-corrected chi connectivity index (χ2v) is 14.2. The van der Waals surface area contributed by atoms with Gasteiger partial charge in [-0.05, 0) is 103 Å². The second kappa shape index (κ2) is 45.9. The van der Waals surface area contributed by atoms with E-state index in [1.807, 2.05) is 6.08 Å². The zero-order valence-corrected chi connectivity index (χ0v) is 36.1. The van der Waals surface area contributed by atoms with Gasteiger partial charge in [0.1, 0.15) is 6.61 Å². The minimum Gasteiger partial charge on any atom is -0.462 e. The summed E-state index contributed by atoms with van der Waals surface area (Å²) >= 11 is 0. The van der Waals surface area contributed by atoms with Gasteiger partial charge in [0.25, 0.3) is 0 Å². The molecular weight excluding hydrogens is 693 g/mol. The van der Waals surface area contributed by atoms with Crippen molar-refractivity contribution in [3.63, 3.8) is 0 Å². The summed E-state index contributed by atoms with van der Waals surface area (Å²) in [5, 5.41) is 0. The average Bonchev–Trinajstić information content (AvgIpc) is 3.20. The van der Waals surface area contributed by atoms with Crippen molar-refractivity contribution in [1.82, 2.24) is 0 Å². The highest BCUT2D eigenvalue weighted by Crippen LogP contribution is 2.10. The van der Waals surface area contributed by atoms with Gasteiger partial charge in [0.15, 0.2) is 6.10 Å². The lowest BCUT2D eigenvalue weighted by Gasteiger charge is -2.18. The standard InChI is InChI=1S/C51H82O5/c1-4-7-10-13-16-19-22-25-26-28-29-32-35-38-41-44-50(52)55-48-49(47-54-46-43-40-37-34-31-24-21-18-15-12-9-6-3)56-51(53)45-42-39-36-33-30-27-23-20-17-14-11-8-5-2/h7-8,10-11,15-20,25-27,29-30,32,36,39,49H,4-6,9,12-14,21-24,28,31,33-35,37-38,40-48H2,1-3H3/b10-7-,11-8-,18-15-,19-16-,20-17-,26-25-,30-27-,32-29-,39-36-. The van der Waals surface area contributed by atoms with Gasteiger partial charge in [-0.2, -0.15) is 0 Å². The maximum atomic E-state index is 12.7. The van der Waals surface area contributed by atoms with Crippen LogP contribution in [-0.2, 0) is 23.8 Å². The zero-order chi connectivity index (χ0) is 40.7. The molecule has 0 aromatic heterocycles. The lowest BCUT2D eigenvalue weighted by Crippen LogP contribution is -2.30. The largest absolute Gasteiger partial charge is 0.462 e. The van der Waals surface area contributed by atoms with E-state index in [2.05, 4.69) is 124 Å². The molecule has 0 aromatic carbocycles. The van der Waals surface area contributed by atoms with E-state index in [0.29, 0.717) is 19.4 Å². The molecule has 0 spiro atoms. The highest BCUT2D eigenvalue weighted by molar-refractivity contribution is 5.70. The number of hydrogen-bond donors (Lipinski definition) is 0. The summed E-state index contributed by atoms with van der Waals surface area (Å²) in [7, 11) is 0. The van der Waals surface area contributed by atoms with Crippen molar-refractivity contribution in [2.24, 2.45) is 0 Å². The molecule has 56 heavy (non-hydrogen) atoms. The lowest BCUT2D eigenvalue weighted by atomic mass is 10.1. The molecular formula is C51H82O5. The summed E-state index contributed by atoms with van der Waals surface area (Å²) in [5.41, 5.74) is 0. The Morgan fingerprint density at radius 1 is 0.411 bits per heavy atom. The molecule has 1 atom stereocenters. The van der Waals surface area contributed by atoms with Gasteiger partial charge in [0.2, 0.25) is 0 Å². The van der Waals surface area contributed by atoms with Crippen LogP contribution >= 0.6 is 0 Å². The molecule has 0 rings (SSSR count).